The first kappa shape index (κ1) is 14.9. The van der Waals surface area contributed by atoms with Gasteiger partial charge in [-0.15, -0.1) is 12.4 Å². The van der Waals surface area contributed by atoms with E-state index in [4.69, 9.17) is 11.5 Å². The normalized spacial score (nSPS) is 14.0. The number of amides is 1. The van der Waals surface area contributed by atoms with E-state index in [-0.39, 0.29) is 18.3 Å². The van der Waals surface area contributed by atoms with Crippen LogP contribution in [0.25, 0.3) is 0 Å². The molecule has 1 unspecified atom stereocenters. The molecule has 0 aromatic carbocycles. The van der Waals surface area contributed by atoms with Crippen LogP contribution >= 0.6 is 12.4 Å². The van der Waals surface area contributed by atoms with Crippen molar-refractivity contribution in [1.82, 2.24) is 4.98 Å². The van der Waals surface area contributed by atoms with Gasteiger partial charge in [-0.05, 0) is 17.5 Å². The quantitative estimate of drug-likeness (QED) is 0.824. The van der Waals surface area contributed by atoms with Gasteiger partial charge in [-0.25, -0.2) is 0 Å². The van der Waals surface area contributed by atoms with Crippen molar-refractivity contribution in [3.63, 3.8) is 0 Å². The van der Waals surface area contributed by atoms with E-state index >= 15 is 0 Å². The molecule has 16 heavy (non-hydrogen) atoms. The topological polar surface area (TPSA) is 82.0 Å². The fourth-order valence-electron chi connectivity index (χ4n) is 1.42. The molecule has 4 N–H and O–H groups in total. The third-order valence-electron chi connectivity index (χ3n) is 2.71. The Bertz CT molecular complexity index is 342. The van der Waals surface area contributed by atoms with E-state index in [0.717, 1.165) is 5.56 Å². The van der Waals surface area contributed by atoms with Gasteiger partial charge in [0.15, 0.2) is 0 Å². The van der Waals surface area contributed by atoms with E-state index in [9.17, 15) is 4.79 Å². The highest BCUT2D eigenvalue weighted by atomic mass is 35.5. The maximum atomic E-state index is 11.3. The molecular formula is C11H18ClN3O. The van der Waals surface area contributed by atoms with Gasteiger partial charge in [0.2, 0.25) is 5.91 Å². The Morgan fingerprint density at radius 3 is 2.56 bits per heavy atom. The summed E-state index contributed by atoms with van der Waals surface area (Å²) in [6.45, 7) is 3.78. The molecule has 0 bridgehead atoms. The second-order valence-corrected chi connectivity index (χ2v) is 4.10. The van der Waals surface area contributed by atoms with Gasteiger partial charge in [0.05, 0.1) is 0 Å². The lowest BCUT2D eigenvalue weighted by atomic mass is 9.81. The maximum absolute atomic E-state index is 11.3. The van der Waals surface area contributed by atoms with Crippen LogP contribution < -0.4 is 11.5 Å². The molecule has 0 saturated heterocycles. The second-order valence-electron chi connectivity index (χ2n) is 4.10. The van der Waals surface area contributed by atoms with Crippen LogP contribution in [0.3, 0.4) is 0 Å². The molecule has 0 spiro atoms. The van der Waals surface area contributed by atoms with E-state index in [0.29, 0.717) is 6.42 Å². The van der Waals surface area contributed by atoms with Gasteiger partial charge in [-0.3, -0.25) is 9.78 Å². The van der Waals surface area contributed by atoms with Crippen molar-refractivity contribution >= 4 is 18.3 Å². The Morgan fingerprint density at radius 1 is 1.56 bits per heavy atom. The van der Waals surface area contributed by atoms with Gasteiger partial charge >= 0.3 is 0 Å². The summed E-state index contributed by atoms with van der Waals surface area (Å²) in [6.07, 6.45) is 3.81. The highest BCUT2D eigenvalue weighted by Gasteiger charge is 2.35. The number of aromatic nitrogens is 1. The highest BCUT2D eigenvalue weighted by Crippen LogP contribution is 2.19. The lowest BCUT2D eigenvalue weighted by Gasteiger charge is -2.30. The number of nitrogens with two attached hydrogens (primary N) is 2. The summed E-state index contributed by atoms with van der Waals surface area (Å²) < 4.78 is 0. The van der Waals surface area contributed by atoms with E-state index < -0.39 is 11.4 Å². The first-order valence-electron chi connectivity index (χ1n) is 4.94. The van der Waals surface area contributed by atoms with Gasteiger partial charge in [0.1, 0.15) is 5.54 Å². The lowest BCUT2D eigenvalue weighted by Crippen LogP contribution is -2.57. The Kier molecular flexibility index (Phi) is 5.41. The van der Waals surface area contributed by atoms with Crippen molar-refractivity contribution in [2.45, 2.75) is 25.8 Å². The Morgan fingerprint density at radius 2 is 2.19 bits per heavy atom. The number of rotatable bonds is 4. The molecule has 1 heterocycles. The Hall–Kier alpha value is -1.13. The fourth-order valence-corrected chi connectivity index (χ4v) is 1.42. The molecule has 5 heteroatoms. The molecule has 1 aromatic heterocycles. The molecule has 1 rings (SSSR count). The molecule has 0 aliphatic carbocycles. The first-order chi connectivity index (χ1) is 6.97. The monoisotopic (exact) mass is 243 g/mol. The van der Waals surface area contributed by atoms with Crippen molar-refractivity contribution in [2.24, 2.45) is 17.4 Å². The summed E-state index contributed by atoms with van der Waals surface area (Å²) in [5.41, 5.74) is 11.3. The zero-order valence-corrected chi connectivity index (χ0v) is 10.3. The van der Waals surface area contributed by atoms with Gasteiger partial charge in [-0.2, -0.15) is 0 Å². The molecule has 0 fully saturated rings. The van der Waals surface area contributed by atoms with Crippen LogP contribution in [0.5, 0.6) is 0 Å². The van der Waals surface area contributed by atoms with Gasteiger partial charge in [-0.1, -0.05) is 19.9 Å². The van der Waals surface area contributed by atoms with Crippen LogP contribution in [0.15, 0.2) is 24.5 Å². The van der Waals surface area contributed by atoms with Crippen molar-refractivity contribution < 1.29 is 4.79 Å². The van der Waals surface area contributed by atoms with Crippen LogP contribution in [0, 0.1) is 5.92 Å². The molecule has 0 saturated carbocycles. The molecule has 0 radical (unpaired) electrons. The fraction of sp³-hybridized carbons (Fsp3) is 0.455. The molecule has 0 aliphatic heterocycles. The smallest absolute Gasteiger partial charge is 0.238 e. The van der Waals surface area contributed by atoms with Gasteiger partial charge < -0.3 is 11.5 Å². The minimum Gasteiger partial charge on any atom is -0.368 e. The molecule has 0 aliphatic rings. The largest absolute Gasteiger partial charge is 0.368 e. The summed E-state index contributed by atoms with van der Waals surface area (Å²) in [5.74, 6) is -0.475. The lowest BCUT2D eigenvalue weighted by molar-refractivity contribution is -0.124. The van der Waals surface area contributed by atoms with E-state index in [1.807, 2.05) is 26.0 Å². The number of pyridine rings is 1. The third-order valence-corrected chi connectivity index (χ3v) is 2.71. The minimum absolute atomic E-state index is 0. The molecular weight excluding hydrogens is 226 g/mol. The number of hydrogen-bond donors (Lipinski definition) is 2. The minimum atomic E-state index is -0.997. The second kappa shape index (κ2) is 5.82. The van der Waals surface area contributed by atoms with Crippen molar-refractivity contribution in [3.05, 3.63) is 30.1 Å². The van der Waals surface area contributed by atoms with Crippen LogP contribution in [-0.4, -0.2) is 16.4 Å². The summed E-state index contributed by atoms with van der Waals surface area (Å²) in [6, 6.07) is 3.71. The van der Waals surface area contributed by atoms with Crippen LogP contribution in [0.4, 0.5) is 0 Å². The average Bonchev–Trinajstić information content (AvgIpc) is 2.18. The molecule has 1 amide bonds. The number of halogens is 1. The maximum Gasteiger partial charge on any atom is 0.238 e. The van der Waals surface area contributed by atoms with E-state index in [1.54, 1.807) is 12.4 Å². The first-order valence-corrected chi connectivity index (χ1v) is 4.94. The van der Waals surface area contributed by atoms with Crippen molar-refractivity contribution in [1.29, 1.82) is 0 Å². The summed E-state index contributed by atoms with van der Waals surface area (Å²) in [5, 5.41) is 0. The average molecular weight is 244 g/mol. The van der Waals surface area contributed by atoms with Crippen LogP contribution in [-0.2, 0) is 11.2 Å². The van der Waals surface area contributed by atoms with Crippen LogP contribution in [0.1, 0.15) is 19.4 Å². The van der Waals surface area contributed by atoms with E-state index in [1.165, 1.54) is 0 Å². The predicted molar refractivity (Wildman–Crippen MR) is 66.1 cm³/mol. The highest BCUT2D eigenvalue weighted by molar-refractivity contribution is 5.85. The summed E-state index contributed by atoms with van der Waals surface area (Å²) in [4.78, 5) is 15.3. The number of nitrogens with zero attached hydrogens (tertiary/aromatic N) is 1. The molecule has 90 valence electrons. The van der Waals surface area contributed by atoms with Gasteiger partial charge in [0.25, 0.3) is 0 Å². The molecule has 1 aromatic rings. The van der Waals surface area contributed by atoms with Crippen LogP contribution in [0.2, 0.25) is 0 Å². The molecule has 4 nitrogen and oxygen atoms in total. The summed E-state index contributed by atoms with van der Waals surface area (Å²) in [7, 11) is 0. The zero-order valence-electron chi connectivity index (χ0n) is 9.51. The van der Waals surface area contributed by atoms with Crippen molar-refractivity contribution in [2.75, 3.05) is 0 Å². The standard InChI is InChI=1S/C11H17N3O.ClH/c1-8(2)11(13,10(12)15)6-9-4-3-5-14-7-9;/h3-5,7-8H,6,13H2,1-2H3,(H2,12,15);1H. The van der Waals surface area contributed by atoms with Crippen molar-refractivity contribution in [3.8, 4) is 0 Å². The predicted octanol–water partition coefficient (Wildman–Crippen LogP) is 0.885. The van der Waals surface area contributed by atoms with Gasteiger partial charge in [0, 0.05) is 18.8 Å². The number of carbonyl (C=O) groups excluding carboxylic acids is 1. The Balaban J connectivity index is 0.00000225. The number of carbonyl (C=O) groups is 1. The number of primary amides is 1. The zero-order chi connectivity index (χ0) is 11.5. The SMILES string of the molecule is CC(C)C(N)(Cc1cccnc1)C(N)=O.Cl. The summed E-state index contributed by atoms with van der Waals surface area (Å²) >= 11 is 0. The number of hydrogen-bond acceptors (Lipinski definition) is 3. The van der Waals surface area contributed by atoms with E-state index in [2.05, 4.69) is 4.98 Å². The Labute approximate surface area is 102 Å². The third kappa shape index (κ3) is 3.18. The molecule has 1 atom stereocenters.